The van der Waals surface area contributed by atoms with E-state index >= 15 is 0 Å². The quantitative estimate of drug-likeness (QED) is 0.463. The van der Waals surface area contributed by atoms with E-state index < -0.39 is 42.3 Å². The number of allylic oxidation sites excluding steroid dienone is 3. The zero-order valence-corrected chi connectivity index (χ0v) is 17.1. The summed E-state index contributed by atoms with van der Waals surface area (Å²) >= 11 is 0. The molecule has 8 heteroatoms. The lowest BCUT2D eigenvalue weighted by atomic mass is 10.0. The number of ketones is 1. The Hall–Kier alpha value is -2.03. The molecule has 0 aromatic heterocycles. The van der Waals surface area contributed by atoms with Gasteiger partial charge < -0.3 is 24.1 Å². The largest absolute Gasteiger partial charge is 0.463 e. The maximum Gasteiger partial charge on any atom is 0.303 e. The Labute approximate surface area is 165 Å². The van der Waals surface area contributed by atoms with Gasteiger partial charge in [-0.15, -0.1) is 0 Å². The Kier molecular flexibility index (Phi) is 10.1. The van der Waals surface area contributed by atoms with Crippen molar-refractivity contribution in [2.75, 3.05) is 13.2 Å². The highest BCUT2D eigenvalue weighted by Gasteiger charge is 2.47. The molecule has 0 aromatic rings. The van der Waals surface area contributed by atoms with E-state index in [1.807, 2.05) is 26.8 Å². The lowest BCUT2D eigenvalue weighted by Crippen LogP contribution is -2.58. The minimum Gasteiger partial charge on any atom is -0.463 e. The molecule has 28 heavy (non-hydrogen) atoms. The summed E-state index contributed by atoms with van der Waals surface area (Å²) in [5, 5.41) is 10.1. The van der Waals surface area contributed by atoms with Gasteiger partial charge in [0.15, 0.2) is 0 Å². The van der Waals surface area contributed by atoms with Gasteiger partial charge in [-0.2, -0.15) is 0 Å². The first-order valence-electron chi connectivity index (χ1n) is 9.20. The van der Waals surface area contributed by atoms with E-state index in [1.54, 1.807) is 0 Å². The molecular formula is C20H30O8. The summed E-state index contributed by atoms with van der Waals surface area (Å²) in [4.78, 5) is 34.7. The predicted octanol–water partition coefficient (Wildman–Crippen LogP) is 1.85. The fraction of sp³-hybridized carbons (Fsp3) is 0.650. The summed E-state index contributed by atoms with van der Waals surface area (Å²) in [6.07, 6.45) is 0.474. The van der Waals surface area contributed by atoms with Gasteiger partial charge in [-0.3, -0.25) is 14.4 Å². The van der Waals surface area contributed by atoms with Crippen LogP contribution in [0.5, 0.6) is 0 Å². The lowest BCUT2D eigenvalue weighted by Gasteiger charge is -2.36. The monoisotopic (exact) mass is 398 g/mol. The molecule has 0 aromatic carbocycles. The highest BCUT2D eigenvalue weighted by atomic mass is 16.7. The summed E-state index contributed by atoms with van der Waals surface area (Å²) in [5.74, 6) is -2.03. The number of carbonyl (C=O) groups excluding carboxylic acids is 3. The van der Waals surface area contributed by atoms with E-state index in [1.165, 1.54) is 12.5 Å². The Morgan fingerprint density at radius 3 is 2.36 bits per heavy atom. The van der Waals surface area contributed by atoms with Crippen LogP contribution in [-0.2, 0) is 33.3 Å². The Morgan fingerprint density at radius 2 is 1.79 bits per heavy atom. The predicted molar refractivity (Wildman–Crippen MR) is 100 cm³/mol. The number of esters is 2. The fourth-order valence-electron chi connectivity index (χ4n) is 2.53. The second-order valence-electron chi connectivity index (χ2n) is 6.93. The van der Waals surface area contributed by atoms with Crippen LogP contribution in [0.15, 0.2) is 23.3 Å². The molecule has 4 atom stereocenters. The molecule has 0 bridgehead atoms. The highest BCUT2D eigenvalue weighted by molar-refractivity contribution is 5.90. The molecule has 1 saturated heterocycles. The number of hydrogen-bond acceptors (Lipinski definition) is 8. The maximum absolute atomic E-state index is 12.4. The summed E-state index contributed by atoms with van der Waals surface area (Å²) in [6, 6.07) is 0. The van der Waals surface area contributed by atoms with Gasteiger partial charge in [-0.1, -0.05) is 23.3 Å². The van der Waals surface area contributed by atoms with E-state index in [0.717, 1.165) is 25.3 Å². The third kappa shape index (κ3) is 8.33. The van der Waals surface area contributed by atoms with Gasteiger partial charge in [0.25, 0.3) is 0 Å². The van der Waals surface area contributed by atoms with Crippen LogP contribution in [0.1, 0.15) is 47.5 Å². The lowest BCUT2D eigenvalue weighted by molar-refractivity contribution is -0.258. The van der Waals surface area contributed by atoms with Gasteiger partial charge in [-0.05, 0) is 33.6 Å². The molecule has 1 aliphatic heterocycles. The number of ether oxygens (including phenoxy) is 4. The summed E-state index contributed by atoms with van der Waals surface area (Å²) in [7, 11) is 0. The molecular weight excluding hydrogens is 368 g/mol. The summed E-state index contributed by atoms with van der Waals surface area (Å²) < 4.78 is 20.9. The third-order valence-corrected chi connectivity index (χ3v) is 4.01. The Morgan fingerprint density at radius 1 is 1.11 bits per heavy atom. The van der Waals surface area contributed by atoms with Crippen molar-refractivity contribution >= 4 is 17.7 Å². The smallest absolute Gasteiger partial charge is 0.303 e. The zero-order valence-electron chi connectivity index (χ0n) is 17.1. The molecule has 0 aliphatic carbocycles. The van der Waals surface area contributed by atoms with Crippen molar-refractivity contribution in [1.82, 2.24) is 0 Å². The van der Waals surface area contributed by atoms with Crippen LogP contribution >= 0.6 is 0 Å². The first-order valence-corrected chi connectivity index (χ1v) is 9.20. The molecule has 0 saturated carbocycles. The van der Waals surface area contributed by atoms with Crippen molar-refractivity contribution in [1.29, 1.82) is 0 Å². The van der Waals surface area contributed by atoms with Crippen molar-refractivity contribution in [3.8, 4) is 0 Å². The van der Waals surface area contributed by atoms with E-state index in [4.69, 9.17) is 18.9 Å². The normalized spacial score (nSPS) is 25.2. The molecule has 0 radical (unpaired) electrons. The molecule has 1 N–H and O–H groups in total. The van der Waals surface area contributed by atoms with E-state index in [9.17, 15) is 19.5 Å². The van der Waals surface area contributed by atoms with Crippen LogP contribution < -0.4 is 0 Å². The minimum atomic E-state index is -1.59. The molecule has 0 unspecified atom stereocenters. The number of aliphatic hydroxyl groups is 1. The molecule has 158 valence electrons. The van der Waals surface area contributed by atoms with Gasteiger partial charge in [0.2, 0.25) is 18.2 Å². The molecule has 1 aliphatic rings. The van der Waals surface area contributed by atoms with Gasteiger partial charge in [-0.25, -0.2) is 0 Å². The van der Waals surface area contributed by atoms with Gasteiger partial charge in [0.05, 0.1) is 6.61 Å². The topological polar surface area (TPSA) is 108 Å². The average molecular weight is 398 g/mol. The first-order chi connectivity index (χ1) is 13.1. The zero-order chi connectivity index (χ0) is 21.3. The summed E-state index contributed by atoms with van der Waals surface area (Å²) in [5.41, 5.74) is 2.35. The number of aliphatic hydroxyl groups excluding tert-OH is 1. The number of Topliss-reactive ketones (excluding diaryl/α,β-unsaturated/α-hetero) is 1. The number of carbonyl (C=O) groups is 3. The van der Waals surface area contributed by atoms with Crippen LogP contribution in [0.2, 0.25) is 0 Å². The molecule has 1 heterocycles. The van der Waals surface area contributed by atoms with E-state index in [2.05, 4.69) is 6.08 Å². The molecule has 0 spiro atoms. The van der Waals surface area contributed by atoms with Crippen molar-refractivity contribution < 1.29 is 38.4 Å². The van der Waals surface area contributed by atoms with Crippen LogP contribution in [-0.4, -0.2) is 60.6 Å². The van der Waals surface area contributed by atoms with Crippen LogP contribution in [0, 0.1) is 0 Å². The van der Waals surface area contributed by atoms with Crippen molar-refractivity contribution in [3.63, 3.8) is 0 Å². The molecule has 1 fully saturated rings. The van der Waals surface area contributed by atoms with E-state index in [-0.39, 0.29) is 13.2 Å². The van der Waals surface area contributed by atoms with Crippen LogP contribution in [0.3, 0.4) is 0 Å². The van der Waals surface area contributed by atoms with Gasteiger partial charge >= 0.3 is 11.9 Å². The minimum absolute atomic E-state index is 0.132. The average Bonchev–Trinajstić information content (AvgIpc) is 2.59. The van der Waals surface area contributed by atoms with Gasteiger partial charge in [0.1, 0.15) is 18.8 Å². The highest BCUT2D eigenvalue weighted by Crippen LogP contribution is 2.22. The SMILES string of the molecule is CC(=O)OC[C@H]1O[C@@H](OC/C=C(\C)CCC=C(C)C)[C@H](OC(C)=O)C(=O)[C@@H]1O. The first kappa shape index (κ1) is 24.0. The molecule has 8 nitrogen and oxygen atoms in total. The second-order valence-corrected chi connectivity index (χ2v) is 6.93. The van der Waals surface area contributed by atoms with Crippen molar-refractivity contribution in [2.24, 2.45) is 0 Å². The van der Waals surface area contributed by atoms with Gasteiger partial charge in [0, 0.05) is 13.8 Å². The number of rotatable bonds is 9. The summed E-state index contributed by atoms with van der Waals surface area (Å²) in [6.45, 7) is 8.21. The van der Waals surface area contributed by atoms with E-state index in [0.29, 0.717) is 0 Å². The Balaban J connectivity index is 2.75. The maximum atomic E-state index is 12.4. The second kappa shape index (κ2) is 11.7. The third-order valence-electron chi connectivity index (χ3n) is 4.01. The van der Waals surface area contributed by atoms with Crippen LogP contribution in [0.25, 0.3) is 0 Å². The standard InChI is InChI=1S/C20H30O8/c1-12(2)7-6-8-13(3)9-10-25-20-19(27-15(5)22)18(24)17(23)16(28-20)11-26-14(4)21/h7,9,16-17,19-20,23H,6,8,10-11H2,1-5H3/b13-9+/t16-,17-,19-,20-/m1/s1. The van der Waals surface area contributed by atoms with Crippen molar-refractivity contribution in [2.45, 2.75) is 72.1 Å². The Bertz CT molecular complexity index is 618. The van der Waals surface area contributed by atoms with Crippen LogP contribution in [0.4, 0.5) is 0 Å². The molecule has 0 amide bonds. The fourth-order valence-corrected chi connectivity index (χ4v) is 2.53. The number of hydrogen-bond donors (Lipinski definition) is 1. The molecule has 1 rings (SSSR count). The van der Waals surface area contributed by atoms with Crippen molar-refractivity contribution in [3.05, 3.63) is 23.3 Å².